The molecule has 0 aliphatic heterocycles. The largest absolute Gasteiger partial charge is 0.490 e. The zero-order chi connectivity index (χ0) is 20.3. The van der Waals surface area contributed by atoms with E-state index in [2.05, 4.69) is 4.98 Å². The summed E-state index contributed by atoms with van der Waals surface area (Å²) in [5.74, 6) is -0.560. The highest BCUT2D eigenvalue weighted by Crippen LogP contribution is 2.23. The zero-order valence-corrected chi connectivity index (χ0v) is 16.0. The van der Waals surface area contributed by atoms with E-state index in [0.29, 0.717) is 5.69 Å². The summed E-state index contributed by atoms with van der Waals surface area (Å²) in [6, 6.07) is 13.6. The smallest absolute Gasteiger partial charge is 0.329 e. The molecule has 7 heteroatoms. The number of fused-ring (bicyclic) bond motifs is 1. The number of nitrogens with one attached hydrogen (secondary N) is 1. The van der Waals surface area contributed by atoms with E-state index in [0.717, 1.165) is 16.3 Å². The van der Waals surface area contributed by atoms with Gasteiger partial charge in [-0.05, 0) is 30.2 Å². The summed E-state index contributed by atoms with van der Waals surface area (Å²) in [5.41, 5.74) is -0.0707. The van der Waals surface area contributed by atoms with Crippen molar-refractivity contribution in [3.63, 3.8) is 0 Å². The molecule has 0 fully saturated rings. The Labute approximate surface area is 161 Å². The van der Waals surface area contributed by atoms with Gasteiger partial charge in [0.15, 0.2) is 0 Å². The van der Waals surface area contributed by atoms with Crippen LogP contribution in [0.4, 0.5) is 0 Å². The number of aromatic amines is 1. The second kappa shape index (κ2) is 8.12. The minimum Gasteiger partial charge on any atom is -0.490 e. The first-order valence-electron chi connectivity index (χ1n) is 8.96. The molecule has 0 atom stereocenters. The topological polar surface area (TPSA) is 90.4 Å². The van der Waals surface area contributed by atoms with Crippen molar-refractivity contribution < 1.29 is 14.3 Å². The van der Waals surface area contributed by atoms with Gasteiger partial charge in [-0.1, -0.05) is 42.5 Å². The minimum atomic E-state index is -0.679. The van der Waals surface area contributed by atoms with Crippen molar-refractivity contribution in [3.05, 3.63) is 74.6 Å². The fourth-order valence-electron chi connectivity index (χ4n) is 3.21. The molecule has 1 heterocycles. The highest BCUT2D eigenvalue weighted by atomic mass is 16.5. The predicted molar refractivity (Wildman–Crippen MR) is 106 cm³/mol. The molecule has 0 unspecified atom stereocenters. The number of esters is 1. The van der Waals surface area contributed by atoms with Gasteiger partial charge in [-0.15, -0.1) is 0 Å². The number of rotatable bonds is 6. The molecule has 3 rings (SSSR count). The molecule has 0 aliphatic carbocycles. The van der Waals surface area contributed by atoms with Crippen LogP contribution in [0.5, 0.6) is 5.75 Å². The predicted octanol–water partition coefficient (Wildman–Crippen LogP) is 2.24. The van der Waals surface area contributed by atoms with Crippen LogP contribution in [0.1, 0.15) is 25.1 Å². The minimum absolute atomic E-state index is 0.00452. The van der Waals surface area contributed by atoms with Crippen molar-refractivity contribution in [3.8, 4) is 5.75 Å². The Morgan fingerprint density at radius 3 is 2.54 bits per heavy atom. The number of ether oxygens (including phenoxy) is 2. The normalized spacial score (nSPS) is 11.0. The fourth-order valence-corrected chi connectivity index (χ4v) is 3.21. The van der Waals surface area contributed by atoms with Gasteiger partial charge >= 0.3 is 11.7 Å². The van der Waals surface area contributed by atoms with Crippen molar-refractivity contribution >= 4 is 16.7 Å². The molecule has 0 amide bonds. The second-order valence-corrected chi connectivity index (χ2v) is 6.68. The Kier molecular flexibility index (Phi) is 5.63. The third kappa shape index (κ3) is 3.98. The molecule has 0 saturated heterocycles. The maximum atomic E-state index is 12.4. The van der Waals surface area contributed by atoms with Crippen LogP contribution in [0, 0.1) is 0 Å². The average Bonchev–Trinajstić information content (AvgIpc) is 2.64. The van der Waals surface area contributed by atoms with Crippen LogP contribution < -0.4 is 16.0 Å². The first-order chi connectivity index (χ1) is 13.4. The van der Waals surface area contributed by atoms with Crippen molar-refractivity contribution in [2.45, 2.75) is 32.9 Å². The van der Waals surface area contributed by atoms with Gasteiger partial charge in [0, 0.05) is 6.42 Å². The molecule has 0 bridgehead atoms. The monoisotopic (exact) mass is 382 g/mol. The van der Waals surface area contributed by atoms with Crippen LogP contribution >= 0.6 is 0 Å². The summed E-state index contributed by atoms with van der Waals surface area (Å²) < 4.78 is 11.6. The lowest BCUT2D eigenvalue weighted by Gasteiger charge is -2.16. The average molecular weight is 382 g/mol. The van der Waals surface area contributed by atoms with Crippen molar-refractivity contribution in [2.24, 2.45) is 0 Å². The van der Waals surface area contributed by atoms with Crippen LogP contribution in [0.15, 0.2) is 52.1 Å². The molecular weight excluding hydrogens is 360 g/mol. The first kappa shape index (κ1) is 19.4. The fraction of sp³-hybridized carbons (Fsp3) is 0.286. The van der Waals surface area contributed by atoms with Crippen molar-refractivity contribution in [1.29, 1.82) is 0 Å². The van der Waals surface area contributed by atoms with Crippen molar-refractivity contribution in [2.75, 3.05) is 7.11 Å². The quantitative estimate of drug-likeness (QED) is 0.661. The van der Waals surface area contributed by atoms with Gasteiger partial charge in [0.05, 0.1) is 18.9 Å². The molecule has 28 heavy (non-hydrogen) atoms. The number of nitrogens with zero attached hydrogens (tertiary/aromatic N) is 1. The molecule has 0 aliphatic rings. The number of methoxy groups -OCH3 is 1. The van der Waals surface area contributed by atoms with Gasteiger partial charge in [-0.2, -0.15) is 0 Å². The first-order valence-corrected chi connectivity index (χ1v) is 8.96. The molecule has 0 saturated carbocycles. The van der Waals surface area contributed by atoms with Crippen LogP contribution in [-0.2, 0) is 22.5 Å². The van der Waals surface area contributed by atoms with Crippen LogP contribution in [0.25, 0.3) is 10.8 Å². The molecule has 1 aromatic heterocycles. The Morgan fingerprint density at radius 2 is 1.82 bits per heavy atom. The van der Waals surface area contributed by atoms with E-state index in [1.807, 2.05) is 42.5 Å². The van der Waals surface area contributed by atoms with Gasteiger partial charge in [-0.3, -0.25) is 19.1 Å². The number of H-pyrrole nitrogens is 1. The number of hydrogen-bond donors (Lipinski definition) is 1. The lowest BCUT2D eigenvalue weighted by Crippen LogP contribution is -2.36. The van der Waals surface area contributed by atoms with E-state index in [-0.39, 0.29) is 24.8 Å². The van der Waals surface area contributed by atoms with E-state index in [1.165, 1.54) is 11.7 Å². The Morgan fingerprint density at radius 1 is 1.11 bits per heavy atom. The molecule has 2 aromatic carbocycles. The number of hydrogen-bond acceptors (Lipinski definition) is 5. The molecule has 0 spiro atoms. The second-order valence-electron chi connectivity index (χ2n) is 6.68. The van der Waals surface area contributed by atoms with Crippen LogP contribution in [0.2, 0.25) is 0 Å². The van der Waals surface area contributed by atoms with E-state index < -0.39 is 17.2 Å². The van der Waals surface area contributed by atoms with E-state index in [4.69, 9.17) is 9.47 Å². The summed E-state index contributed by atoms with van der Waals surface area (Å²) in [4.78, 5) is 39.1. The molecule has 3 aromatic rings. The molecule has 0 radical (unpaired) electrons. The summed E-state index contributed by atoms with van der Waals surface area (Å²) >= 11 is 0. The van der Waals surface area contributed by atoms with Crippen LogP contribution in [-0.4, -0.2) is 28.7 Å². The highest BCUT2D eigenvalue weighted by molar-refractivity contribution is 5.86. The number of aromatic nitrogens is 2. The van der Waals surface area contributed by atoms with Crippen LogP contribution in [0.3, 0.4) is 0 Å². The van der Waals surface area contributed by atoms with E-state index in [9.17, 15) is 14.4 Å². The SMILES string of the molecule is COc1c(Cc2cccc3ccccc23)n(CC(=O)OC(C)C)c(=O)[nH]c1=O. The number of carbonyl (C=O) groups is 1. The Hall–Kier alpha value is -3.35. The summed E-state index contributed by atoms with van der Waals surface area (Å²) in [5, 5.41) is 2.04. The third-order valence-corrected chi connectivity index (χ3v) is 4.36. The maximum absolute atomic E-state index is 12.4. The maximum Gasteiger partial charge on any atom is 0.329 e. The van der Waals surface area contributed by atoms with E-state index in [1.54, 1.807) is 13.8 Å². The van der Waals surface area contributed by atoms with E-state index >= 15 is 0 Å². The van der Waals surface area contributed by atoms with Crippen molar-refractivity contribution in [1.82, 2.24) is 9.55 Å². The van der Waals surface area contributed by atoms with Gasteiger partial charge in [0.1, 0.15) is 6.54 Å². The lowest BCUT2D eigenvalue weighted by atomic mass is 10.0. The van der Waals surface area contributed by atoms with Gasteiger partial charge in [0.2, 0.25) is 5.75 Å². The van der Waals surface area contributed by atoms with Gasteiger partial charge in [0.25, 0.3) is 5.56 Å². The van der Waals surface area contributed by atoms with Gasteiger partial charge < -0.3 is 9.47 Å². The molecule has 1 N–H and O–H groups in total. The highest BCUT2D eigenvalue weighted by Gasteiger charge is 2.20. The summed E-state index contributed by atoms with van der Waals surface area (Å²) in [6.45, 7) is 3.14. The lowest BCUT2D eigenvalue weighted by molar-refractivity contribution is -0.148. The molecule has 7 nitrogen and oxygen atoms in total. The van der Waals surface area contributed by atoms with Gasteiger partial charge in [-0.25, -0.2) is 4.79 Å². The number of benzene rings is 2. The summed E-state index contributed by atoms with van der Waals surface area (Å²) in [6.07, 6.45) is -0.0621. The summed E-state index contributed by atoms with van der Waals surface area (Å²) in [7, 11) is 1.36. The standard InChI is InChI=1S/C21H22N2O5/c1-13(2)28-18(24)12-23-17(19(27-3)20(25)22-21(23)26)11-15-9-6-8-14-7-4-5-10-16(14)15/h4-10,13H,11-12H2,1-3H3,(H,22,25,26). The molecular formula is C21H22N2O5. The third-order valence-electron chi connectivity index (χ3n) is 4.36. The Bertz CT molecular complexity index is 1120. The zero-order valence-electron chi connectivity index (χ0n) is 16.0. The number of carbonyl (C=O) groups excluding carboxylic acids is 1. The Balaban J connectivity index is 2.13. The molecule has 146 valence electrons.